The number of aliphatic hydroxyl groups excluding tert-OH is 1. The van der Waals surface area contributed by atoms with E-state index in [1.807, 2.05) is 93.0 Å². The fourth-order valence-corrected chi connectivity index (χ4v) is 9.10. The third kappa shape index (κ3) is 3.94. The zero-order chi connectivity index (χ0) is 27.5. The van der Waals surface area contributed by atoms with Gasteiger partial charge in [0, 0.05) is 29.9 Å². The molecule has 204 valence electrons. The van der Waals surface area contributed by atoms with Gasteiger partial charge in [-0.3, -0.25) is 14.4 Å². The lowest BCUT2D eigenvalue weighted by Crippen LogP contribution is -2.58. The summed E-state index contributed by atoms with van der Waals surface area (Å²) < 4.78 is -1.56. The van der Waals surface area contributed by atoms with E-state index in [9.17, 15) is 19.5 Å². The maximum absolute atomic E-state index is 14.7. The Labute approximate surface area is 229 Å². The zero-order valence-corrected chi connectivity index (χ0v) is 23.8. The Balaban J connectivity index is 1.71. The third-order valence-corrected chi connectivity index (χ3v) is 10.4. The standard InChI is InChI=1S/C30H39N3O4S/c1-6-16-31-17-10-14-29(5)22(25(31)35)23-26(36)33(21(19-34)20-12-8-7-9-13-20)24-27(37)32(28(2,3)4)18-11-15-30(23,24)38-29/h7-15,21-24,34H,6,16-19H2,1-5H3/t21-,22-,23+,24?,29+,30+/m1/s1. The molecule has 4 aliphatic rings. The van der Waals surface area contributed by atoms with Crippen molar-refractivity contribution in [3.63, 3.8) is 0 Å². The normalized spacial score (nSPS) is 33.7. The monoisotopic (exact) mass is 537 g/mol. The fraction of sp³-hybridized carbons (Fsp3) is 0.567. The lowest BCUT2D eigenvalue weighted by Gasteiger charge is -2.42. The molecule has 4 aliphatic heterocycles. The summed E-state index contributed by atoms with van der Waals surface area (Å²) in [6.07, 6.45) is 9.00. The molecule has 2 saturated heterocycles. The van der Waals surface area contributed by atoms with E-state index in [0.29, 0.717) is 19.6 Å². The van der Waals surface area contributed by atoms with Crippen LogP contribution in [0.15, 0.2) is 54.6 Å². The van der Waals surface area contributed by atoms with Crippen molar-refractivity contribution in [3.8, 4) is 0 Å². The summed E-state index contributed by atoms with van der Waals surface area (Å²) in [5, 5.41) is 10.7. The van der Waals surface area contributed by atoms with Crippen molar-refractivity contribution in [1.82, 2.24) is 14.7 Å². The molecule has 1 aromatic rings. The van der Waals surface area contributed by atoms with Crippen molar-refractivity contribution in [3.05, 3.63) is 60.2 Å². The van der Waals surface area contributed by atoms with E-state index in [1.165, 1.54) is 0 Å². The van der Waals surface area contributed by atoms with Gasteiger partial charge in [-0.2, -0.15) is 0 Å². The molecule has 6 atom stereocenters. The number of hydrogen-bond acceptors (Lipinski definition) is 5. The van der Waals surface area contributed by atoms with Gasteiger partial charge < -0.3 is 19.8 Å². The summed E-state index contributed by atoms with van der Waals surface area (Å²) in [6.45, 7) is 11.3. The number of amides is 3. The predicted molar refractivity (Wildman–Crippen MR) is 149 cm³/mol. The van der Waals surface area contributed by atoms with E-state index in [-0.39, 0.29) is 24.3 Å². The lowest BCUT2D eigenvalue weighted by molar-refractivity contribution is -0.149. The first-order valence-corrected chi connectivity index (χ1v) is 14.5. The van der Waals surface area contributed by atoms with Gasteiger partial charge in [0.2, 0.25) is 17.7 Å². The van der Waals surface area contributed by atoms with E-state index in [1.54, 1.807) is 16.7 Å². The third-order valence-electron chi connectivity index (χ3n) is 8.57. The molecule has 0 aliphatic carbocycles. The largest absolute Gasteiger partial charge is 0.394 e. The van der Waals surface area contributed by atoms with Gasteiger partial charge in [-0.15, -0.1) is 11.8 Å². The minimum Gasteiger partial charge on any atom is -0.394 e. The zero-order valence-electron chi connectivity index (χ0n) is 23.0. The molecule has 8 heteroatoms. The summed E-state index contributed by atoms with van der Waals surface area (Å²) in [4.78, 5) is 48.6. The Morgan fingerprint density at radius 1 is 1.00 bits per heavy atom. The Morgan fingerprint density at radius 2 is 1.68 bits per heavy atom. The SMILES string of the molecule is CCCN1CC=C[C@]2(C)S[C@]34C=CCN(C(C)(C)C)C(=O)C3N([C@H](CO)c3ccccc3)C(=O)[C@@H]4[C@@H]2C1=O. The highest BCUT2D eigenvalue weighted by molar-refractivity contribution is 8.02. The molecule has 2 fully saturated rings. The van der Waals surface area contributed by atoms with E-state index in [4.69, 9.17) is 0 Å². The molecule has 5 rings (SSSR count). The average molecular weight is 538 g/mol. The number of carbonyl (C=O) groups is 3. The second-order valence-electron chi connectivity index (χ2n) is 12.1. The summed E-state index contributed by atoms with van der Waals surface area (Å²) >= 11 is 1.58. The van der Waals surface area contributed by atoms with Gasteiger partial charge in [-0.1, -0.05) is 61.6 Å². The second-order valence-corrected chi connectivity index (χ2v) is 13.9. The van der Waals surface area contributed by atoms with Crippen LogP contribution in [-0.4, -0.2) is 84.8 Å². The number of nitrogens with zero attached hydrogens (tertiary/aromatic N) is 3. The first-order valence-electron chi connectivity index (χ1n) is 13.6. The van der Waals surface area contributed by atoms with Gasteiger partial charge in [-0.25, -0.2) is 0 Å². The minimum atomic E-state index is -0.926. The predicted octanol–water partition coefficient (Wildman–Crippen LogP) is 3.41. The summed E-state index contributed by atoms with van der Waals surface area (Å²) in [5.41, 5.74) is 0.306. The van der Waals surface area contributed by atoms with E-state index in [0.717, 1.165) is 12.0 Å². The Kier molecular flexibility index (Phi) is 6.79. The molecular weight excluding hydrogens is 498 g/mol. The number of aliphatic hydroxyl groups is 1. The van der Waals surface area contributed by atoms with Crippen molar-refractivity contribution in [1.29, 1.82) is 0 Å². The van der Waals surface area contributed by atoms with Crippen LogP contribution < -0.4 is 0 Å². The van der Waals surface area contributed by atoms with E-state index in [2.05, 4.69) is 6.08 Å². The van der Waals surface area contributed by atoms with Gasteiger partial charge in [0.05, 0.1) is 29.2 Å². The van der Waals surface area contributed by atoms with Gasteiger partial charge in [-0.05, 0) is 39.7 Å². The van der Waals surface area contributed by atoms with Gasteiger partial charge in [0.25, 0.3) is 0 Å². The van der Waals surface area contributed by atoms with Crippen LogP contribution in [0.3, 0.4) is 0 Å². The molecule has 1 spiro atoms. The number of benzene rings is 1. The fourth-order valence-electron chi connectivity index (χ4n) is 6.95. The van der Waals surface area contributed by atoms with Crippen LogP contribution in [0.25, 0.3) is 0 Å². The van der Waals surface area contributed by atoms with Crippen LogP contribution in [0.1, 0.15) is 52.6 Å². The van der Waals surface area contributed by atoms with Crippen LogP contribution >= 0.6 is 11.8 Å². The Bertz CT molecular complexity index is 1180. The number of rotatable bonds is 5. The molecule has 4 heterocycles. The van der Waals surface area contributed by atoms with E-state index >= 15 is 0 Å². The maximum atomic E-state index is 14.7. The molecule has 7 nitrogen and oxygen atoms in total. The lowest BCUT2D eigenvalue weighted by atomic mass is 9.74. The van der Waals surface area contributed by atoms with Gasteiger partial charge in [0.1, 0.15) is 6.04 Å². The molecule has 1 N–H and O–H groups in total. The van der Waals surface area contributed by atoms with Crippen LogP contribution in [0, 0.1) is 11.8 Å². The molecule has 3 amide bonds. The quantitative estimate of drug-likeness (QED) is 0.583. The number of carbonyl (C=O) groups excluding carboxylic acids is 3. The smallest absolute Gasteiger partial charge is 0.247 e. The van der Waals surface area contributed by atoms with Crippen LogP contribution in [0.5, 0.6) is 0 Å². The van der Waals surface area contributed by atoms with Crippen LogP contribution in [0.4, 0.5) is 0 Å². The molecule has 0 bridgehead atoms. The molecule has 38 heavy (non-hydrogen) atoms. The summed E-state index contributed by atoms with van der Waals surface area (Å²) in [5.74, 6) is -1.71. The Morgan fingerprint density at radius 3 is 2.32 bits per heavy atom. The van der Waals surface area contributed by atoms with Crippen molar-refractivity contribution < 1.29 is 19.5 Å². The highest BCUT2D eigenvalue weighted by Gasteiger charge is 2.74. The number of likely N-dealkylation sites (tertiary alicyclic amines) is 1. The molecule has 0 saturated carbocycles. The topological polar surface area (TPSA) is 81.2 Å². The maximum Gasteiger partial charge on any atom is 0.247 e. The van der Waals surface area contributed by atoms with Crippen LogP contribution in [0.2, 0.25) is 0 Å². The number of fused-ring (bicyclic) bond motifs is 2. The molecular formula is C30H39N3O4S. The number of thioether (sulfide) groups is 1. The van der Waals surface area contributed by atoms with Crippen molar-refractivity contribution in [2.75, 3.05) is 26.2 Å². The van der Waals surface area contributed by atoms with Crippen LogP contribution in [-0.2, 0) is 14.4 Å². The first-order chi connectivity index (χ1) is 18.0. The van der Waals surface area contributed by atoms with Gasteiger partial charge >= 0.3 is 0 Å². The molecule has 0 aromatic heterocycles. The van der Waals surface area contributed by atoms with Crippen molar-refractivity contribution >= 4 is 29.5 Å². The first kappa shape index (κ1) is 27.0. The molecule has 1 aromatic carbocycles. The summed E-state index contributed by atoms with van der Waals surface area (Å²) in [6, 6.07) is 7.87. The average Bonchev–Trinajstić information content (AvgIpc) is 3.13. The highest BCUT2D eigenvalue weighted by Crippen LogP contribution is 2.66. The molecule has 0 radical (unpaired) electrons. The minimum absolute atomic E-state index is 0.0271. The van der Waals surface area contributed by atoms with Gasteiger partial charge in [0.15, 0.2) is 0 Å². The van der Waals surface area contributed by atoms with E-state index < -0.39 is 39.0 Å². The number of hydrogen-bond donors (Lipinski definition) is 1. The van der Waals surface area contributed by atoms with Crippen molar-refractivity contribution in [2.24, 2.45) is 11.8 Å². The summed E-state index contributed by atoms with van der Waals surface area (Å²) in [7, 11) is 0. The highest BCUT2D eigenvalue weighted by atomic mass is 32.2. The second kappa shape index (κ2) is 9.56. The molecule has 1 unspecified atom stereocenters. The Hall–Kier alpha value is -2.58. The van der Waals surface area contributed by atoms with Crippen molar-refractivity contribution in [2.45, 2.75) is 68.2 Å².